The molecular formula is C9H9NO4S. The van der Waals surface area contributed by atoms with Crippen LogP contribution in [0.5, 0.6) is 0 Å². The van der Waals surface area contributed by atoms with E-state index in [9.17, 15) is 13.2 Å². The van der Waals surface area contributed by atoms with Crippen molar-refractivity contribution in [1.29, 1.82) is 0 Å². The number of nitrogens with two attached hydrogens (primary N) is 1. The highest BCUT2D eigenvalue weighted by atomic mass is 32.2. The molecule has 0 fully saturated rings. The predicted molar refractivity (Wildman–Crippen MR) is 55.2 cm³/mol. The van der Waals surface area contributed by atoms with Gasteiger partial charge in [0.1, 0.15) is 0 Å². The number of carbonyl (C=O) groups is 1. The van der Waals surface area contributed by atoms with Crippen molar-refractivity contribution in [3.63, 3.8) is 0 Å². The molecule has 0 spiro atoms. The summed E-state index contributed by atoms with van der Waals surface area (Å²) < 4.78 is 30.2. The molecule has 0 aliphatic rings. The van der Waals surface area contributed by atoms with Gasteiger partial charge >= 0.3 is 0 Å². The van der Waals surface area contributed by atoms with Crippen molar-refractivity contribution in [3.8, 4) is 0 Å². The van der Waals surface area contributed by atoms with Gasteiger partial charge in [-0.25, -0.2) is 0 Å². The monoisotopic (exact) mass is 227 g/mol. The molecule has 3 N–H and O–H groups in total. The number of carbonyl (C=O) groups excluding carboxylic acids is 1. The number of rotatable bonds is 3. The van der Waals surface area contributed by atoms with Gasteiger partial charge in [0, 0.05) is 0 Å². The topological polar surface area (TPSA) is 97.5 Å². The maximum Gasteiger partial charge on any atom is 0.300 e. The number of amides is 1. The minimum Gasteiger partial charge on any atom is -0.365 e. The van der Waals surface area contributed by atoms with Crippen LogP contribution in [0.1, 0.15) is 5.56 Å². The summed E-state index contributed by atoms with van der Waals surface area (Å²) in [6.45, 7) is 0. The Bertz CT molecular complexity index is 490. The summed E-state index contributed by atoms with van der Waals surface area (Å²) in [5.74, 6) is -1.19. The first-order chi connectivity index (χ1) is 6.91. The van der Waals surface area contributed by atoms with E-state index in [1.807, 2.05) is 0 Å². The van der Waals surface area contributed by atoms with Crippen LogP contribution < -0.4 is 5.73 Å². The normalized spacial score (nSPS) is 12.5. The second-order valence-electron chi connectivity index (χ2n) is 2.76. The molecule has 15 heavy (non-hydrogen) atoms. The summed E-state index contributed by atoms with van der Waals surface area (Å²) >= 11 is 0. The van der Waals surface area contributed by atoms with Crippen molar-refractivity contribution in [2.45, 2.75) is 0 Å². The zero-order valence-corrected chi connectivity index (χ0v) is 8.44. The van der Waals surface area contributed by atoms with Crippen LogP contribution in [0.15, 0.2) is 35.2 Å². The van der Waals surface area contributed by atoms with Crippen LogP contribution in [0.25, 0.3) is 6.08 Å². The Morgan fingerprint density at radius 1 is 1.27 bits per heavy atom. The maximum absolute atomic E-state index is 10.8. The van der Waals surface area contributed by atoms with Gasteiger partial charge in [-0.15, -0.1) is 0 Å². The molecule has 0 saturated heterocycles. The smallest absolute Gasteiger partial charge is 0.300 e. The van der Waals surface area contributed by atoms with Gasteiger partial charge in [-0.05, 0) is 11.6 Å². The van der Waals surface area contributed by atoms with E-state index in [0.717, 1.165) is 6.08 Å². The molecule has 0 aromatic heterocycles. The van der Waals surface area contributed by atoms with Gasteiger partial charge in [0.25, 0.3) is 16.0 Å². The van der Waals surface area contributed by atoms with E-state index in [2.05, 4.69) is 0 Å². The first-order valence-electron chi connectivity index (χ1n) is 3.95. The van der Waals surface area contributed by atoms with Gasteiger partial charge < -0.3 is 5.73 Å². The van der Waals surface area contributed by atoms with Gasteiger partial charge in [-0.2, -0.15) is 8.42 Å². The lowest BCUT2D eigenvalue weighted by molar-refractivity contribution is -0.113. The van der Waals surface area contributed by atoms with Crippen LogP contribution in [0.2, 0.25) is 0 Å². The van der Waals surface area contributed by atoms with Crippen LogP contribution in [0, 0.1) is 0 Å². The van der Waals surface area contributed by atoms with E-state index < -0.39 is 20.9 Å². The summed E-state index contributed by atoms with van der Waals surface area (Å²) in [5.41, 5.74) is 5.29. The zero-order chi connectivity index (χ0) is 11.5. The van der Waals surface area contributed by atoms with Crippen LogP contribution in [-0.4, -0.2) is 18.9 Å². The fourth-order valence-electron chi connectivity index (χ4n) is 0.973. The summed E-state index contributed by atoms with van der Waals surface area (Å²) in [7, 11) is -4.58. The molecular weight excluding hydrogens is 218 g/mol. The Labute approximate surface area is 87.0 Å². The highest BCUT2D eigenvalue weighted by Gasteiger charge is 2.19. The zero-order valence-electron chi connectivity index (χ0n) is 7.62. The highest BCUT2D eigenvalue weighted by Crippen LogP contribution is 2.10. The third-order valence-electron chi connectivity index (χ3n) is 1.62. The van der Waals surface area contributed by atoms with Gasteiger partial charge in [0.2, 0.25) is 0 Å². The lowest BCUT2D eigenvalue weighted by Crippen LogP contribution is -2.20. The Morgan fingerprint density at radius 3 is 2.20 bits per heavy atom. The van der Waals surface area contributed by atoms with E-state index in [4.69, 9.17) is 10.3 Å². The van der Waals surface area contributed by atoms with Gasteiger partial charge in [-0.3, -0.25) is 9.35 Å². The minimum absolute atomic E-state index is 0.462. The van der Waals surface area contributed by atoms with E-state index in [0.29, 0.717) is 5.56 Å². The summed E-state index contributed by atoms with van der Waals surface area (Å²) in [4.78, 5) is 9.94. The average molecular weight is 227 g/mol. The lowest BCUT2D eigenvalue weighted by Gasteiger charge is -1.98. The number of hydrogen-bond acceptors (Lipinski definition) is 3. The van der Waals surface area contributed by atoms with Crippen LogP contribution in [0.4, 0.5) is 0 Å². The molecule has 1 amide bonds. The molecule has 0 saturated carbocycles. The molecule has 1 aromatic carbocycles. The summed E-state index contributed by atoms with van der Waals surface area (Å²) in [6, 6.07) is 8.21. The van der Waals surface area contributed by atoms with E-state index in [-0.39, 0.29) is 0 Å². The van der Waals surface area contributed by atoms with Crippen molar-refractivity contribution in [3.05, 3.63) is 40.8 Å². The molecule has 5 nitrogen and oxygen atoms in total. The Hall–Kier alpha value is -1.66. The van der Waals surface area contributed by atoms with Gasteiger partial charge in [-0.1, -0.05) is 30.3 Å². The second kappa shape index (κ2) is 4.24. The van der Waals surface area contributed by atoms with Crippen molar-refractivity contribution < 1.29 is 17.8 Å². The fourth-order valence-corrected chi connectivity index (χ4v) is 1.51. The van der Waals surface area contributed by atoms with Crippen molar-refractivity contribution in [2.24, 2.45) is 5.73 Å². The number of benzene rings is 1. The van der Waals surface area contributed by atoms with Crippen molar-refractivity contribution in [1.82, 2.24) is 0 Å². The molecule has 0 unspecified atom stereocenters. The van der Waals surface area contributed by atoms with Crippen LogP contribution in [0.3, 0.4) is 0 Å². The SMILES string of the molecule is NC(=O)C(=Cc1ccccc1)S(=O)(=O)O. The third kappa shape index (κ3) is 3.19. The standard InChI is InChI=1S/C9H9NO4S/c10-9(11)8(15(12,13)14)6-7-4-2-1-3-5-7/h1-6H,(H2,10,11)(H,12,13,14). The maximum atomic E-state index is 10.8. The van der Waals surface area contributed by atoms with E-state index in [1.54, 1.807) is 30.3 Å². The van der Waals surface area contributed by atoms with Crippen LogP contribution >= 0.6 is 0 Å². The van der Waals surface area contributed by atoms with Crippen molar-refractivity contribution >= 4 is 22.1 Å². The second-order valence-corrected chi connectivity index (χ2v) is 4.15. The molecule has 1 aromatic rings. The Kier molecular flexibility index (Phi) is 3.23. The molecule has 0 aliphatic heterocycles. The van der Waals surface area contributed by atoms with Gasteiger partial charge in [0.15, 0.2) is 4.91 Å². The molecule has 0 aliphatic carbocycles. The predicted octanol–water partition coefficient (Wildman–Crippen LogP) is 0.401. The van der Waals surface area contributed by atoms with E-state index >= 15 is 0 Å². The molecule has 6 heteroatoms. The summed E-state index contributed by atoms with van der Waals surface area (Å²) in [5, 5.41) is 0. The molecule has 0 radical (unpaired) electrons. The van der Waals surface area contributed by atoms with Gasteiger partial charge in [0.05, 0.1) is 0 Å². The third-order valence-corrected chi connectivity index (χ3v) is 2.49. The largest absolute Gasteiger partial charge is 0.365 e. The number of primary amides is 1. The van der Waals surface area contributed by atoms with E-state index in [1.165, 1.54) is 0 Å². The fraction of sp³-hybridized carbons (Fsp3) is 0. The summed E-state index contributed by atoms with van der Waals surface area (Å²) in [6.07, 6.45) is 1.01. The molecule has 0 heterocycles. The molecule has 0 bridgehead atoms. The Morgan fingerprint density at radius 2 is 1.80 bits per heavy atom. The molecule has 0 atom stereocenters. The lowest BCUT2D eigenvalue weighted by atomic mass is 10.2. The van der Waals surface area contributed by atoms with Crippen LogP contribution in [-0.2, 0) is 14.9 Å². The first-order valence-corrected chi connectivity index (χ1v) is 5.39. The quantitative estimate of drug-likeness (QED) is 0.577. The first kappa shape index (κ1) is 11.4. The van der Waals surface area contributed by atoms with Crippen molar-refractivity contribution in [2.75, 3.05) is 0 Å². The Balaban J connectivity index is 3.24. The average Bonchev–Trinajstić information content (AvgIpc) is 2.13. The number of hydrogen-bond donors (Lipinski definition) is 2. The minimum atomic E-state index is -4.58. The highest BCUT2D eigenvalue weighted by molar-refractivity contribution is 7.91. The molecule has 80 valence electrons. The molecule has 1 rings (SSSR count).